The topological polar surface area (TPSA) is 20.2 Å². The van der Waals surface area contributed by atoms with Crippen molar-refractivity contribution in [2.75, 3.05) is 0 Å². The predicted octanol–water partition coefficient (Wildman–Crippen LogP) is 7.69. The largest absolute Gasteiger partial charge is 0.506 e. The fourth-order valence-electron chi connectivity index (χ4n) is 4.02. The molecule has 2 heteroatoms. The van der Waals surface area contributed by atoms with Gasteiger partial charge in [-0.25, -0.2) is 0 Å². The zero-order chi connectivity index (χ0) is 19.1. The van der Waals surface area contributed by atoms with Crippen molar-refractivity contribution in [3.8, 4) is 28.0 Å². The molecule has 0 aliphatic rings. The Bertz CT molecular complexity index is 1270. The van der Waals surface area contributed by atoms with Crippen molar-refractivity contribution < 1.29 is 5.11 Å². The second-order valence-corrected chi connectivity index (χ2v) is 7.28. The average molecular weight is 381 g/mol. The average Bonchev–Trinajstić information content (AvgIpc) is 2.74. The molecular weight excluding hydrogens is 364 g/mol. The number of halogens is 1. The number of phenolic OH excluding ortho intramolecular Hbond substituents is 1. The van der Waals surface area contributed by atoms with Crippen molar-refractivity contribution in [2.24, 2.45) is 0 Å². The van der Waals surface area contributed by atoms with Gasteiger partial charge in [0.05, 0.1) is 5.02 Å². The quantitative estimate of drug-likeness (QED) is 0.311. The SMILES string of the molecule is Oc1ccc(-c2c3ccccc3c(-c3ccccc3)c3ccccc23)cc1Cl. The van der Waals surface area contributed by atoms with E-state index in [0.29, 0.717) is 5.02 Å². The number of hydrogen-bond donors (Lipinski definition) is 1. The number of fused-ring (bicyclic) bond motifs is 2. The molecule has 5 aromatic carbocycles. The van der Waals surface area contributed by atoms with Crippen LogP contribution in [-0.2, 0) is 0 Å². The Morgan fingerprint density at radius 1 is 0.500 bits per heavy atom. The summed E-state index contributed by atoms with van der Waals surface area (Å²) in [5.74, 6) is 0.0972. The summed E-state index contributed by atoms with van der Waals surface area (Å²) >= 11 is 6.24. The fraction of sp³-hybridized carbons (Fsp3) is 0. The van der Waals surface area contributed by atoms with Gasteiger partial charge in [-0.3, -0.25) is 0 Å². The highest BCUT2D eigenvalue weighted by Gasteiger charge is 2.16. The van der Waals surface area contributed by atoms with Gasteiger partial charge in [0.25, 0.3) is 0 Å². The minimum atomic E-state index is 0.0972. The van der Waals surface area contributed by atoms with Gasteiger partial charge in [0.2, 0.25) is 0 Å². The highest BCUT2D eigenvalue weighted by Crippen LogP contribution is 2.44. The normalized spacial score (nSPS) is 11.2. The first-order valence-electron chi connectivity index (χ1n) is 9.22. The molecule has 0 spiro atoms. The van der Waals surface area contributed by atoms with Gasteiger partial charge in [-0.15, -0.1) is 0 Å². The molecule has 28 heavy (non-hydrogen) atoms. The van der Waals surface area contributed by atoms with Crippen molar-refractivity contribution >= 4 is 33.1 Å². The van der Waals surface area contributed by atoms with Crippen LogP contribution in [0.4, 0.5) is 0 Å². The van der Waals surface area contributed by atoms with Gasteiger partial charge in [0, 0.05) is 0 Å². The Balaban J connectivity index is 1.99. The fourth-order valence-corrected chi connectivity index (χ4v) is 4.20. The van der Waals surface area contributed by atoms with Crippen molar-refractivity contribution in [3.63, 3.8) is 0 Å². The van der Waals surface area contributed by atoms with Crippen LogP contribution in [0.15, 0.2) is 97.1 Å². The number of phenols is 1. The van der Waals surface area contributed by atoms with Crippen molar-refractivity contribution in [2.45, 2.75) is 0 Å². The standard InChI is InChI=1S/C26H17ClO/c27-23-16-18(14-15-24(23)28)26-21-12-6-4-10-19(21)25(17-8-2-1-3-9-17)20-11-5-7-13-22(20)26/h1-16,28H. The molecule has 5 rings (SSSR count). The van der Waals surface area contributed by atoms with E-state index in [1.807, 2.05) is 18.2 Å². The van der Waals surface area contributed by atoms with E-state index in [4.69, 9.17) is 11.6 Å². The second kappa shape index (κ2) is 6.70. The van der Waals surface area contributed by atoms with Crippen molar-refractivity contribution in [1.29, 1.82) is 0 Å². The van der Waals surface area contributed by atoms with Crippen molar-refractivity contribution in [1.82, 2.24) is 0 Å². The van der Waals surface area contributed by atoms with Crippen LogP contribution in [0.5, 0.6) is 5.75 Å². The maximum Gasteiger partial charge on any atom is 0.134 e. The van der Waals surface area contributed by atoms with E-state index in [9.17, 15) is 5.11 Å². The van der Waals surface area contributed by atoms with E-state index in [1.54, 1.807) is 6.07 Å². The molecule has 0 saturated carbocycles. The highest BCUT2D eigenvalue weighted by molar-refractivity contribution is 6.32. The van der Waals surface area contributed by atoms with Gasteiger partial charge in [0.15, 0.2) is 0 Å². The minimum absolute atomic E-state index is 0.0972. The molecule has 0 saturated heterocycles. The van der Waals surface area contributed by atoms with Gasteiger partial charge in [-0.05, 0) is 55.9 Å². The molecule has 0 aliphatic heterocycles. The molecule has 0 amide bonds. The smallest absolute Gasteiger partial charge is 0.134 e. The first kappa shape index (κ1) is 16.9. The number of hydrogen-bond acceptors (Lipinski definition) is 1. The van der Waals surface area contributed by atoms with Gasteiger partial charge < -0.3 is 5.11 Å². The Morgan fingerprint density at radius 3 is 1.46 bits per heavy atom. The molecule has 0 unspecified atom stereocenters. The first-order chi connectivity index (χ1) is 13.7. The lowest BCUT2D eigenvalue weighted by Gasteiger charge is -2.17. The van der Waals surface area contributed by atoms with E-state index < -0.39 is 0 Å². The molecule has 0 fully saturated rings. The third kappa shape index (κ3) is 2.64. The van der Waals surface area contributed by atoms with Gasteiger partial charge in [-0.2, -0.15) is 0 Å². The van der Waals surface area contributed by atoms with E-state index in [0.717, 1.165) is 11.1 Å². The zero-order valence-corrected chi connectivity index (χ0v) is 15.8. The molecule has 0 bridgehead atoms. The third-order valence-corrected chi connectivity index (χ3v) is 5.53. The van der Waals surface area contributed by atoms with Crippen LogP contribution in [0.3, 0.4) is 0 Å². The number of aromatic hydroxyl groups is 1. The van der Waals surface area contributed by atoms with E-state index in [-0.39, 0.29) is 5.75 Å². The summed E-state index contributed by atoms with van der Waals surface area (Å²) in [6, 6.07) is 32.9. The molecule has 1 nitrogen and oxygen atoms in total. The van der Waals surface area contributed by atoms with Crippen LogP contribution >= 0.6 is 11.6 Å². The Hall–Kier alpha value is -3.29. The molecule has 0 atom stereocenters. The maximum atomic E-state index is 9.88. The third-order valence-electron chi connectivity index (χ3n) is 5.23. The lowest BCUT2D eigenvalue weighted by atomic mass is 9.86. The Morgan fingerprint density at radius 2 is 0.964 bits per heavy atom. The zero-order valence-electron chi connectivity index (χ0n) is 15.1. The minimum Gasteiger partial charge on any atom is -0.506 e. The Labute approximate surface area is 168 Å². The summed E-state index contributed by atoms with van der Waals surface area (Å²) in [5, 5.41) is 15.0. The van der Waals surface area contributed by atoms with E-state index in [1.165, 1.54) is 32.7 Å². The highest BCUT2D eigenvalue weighted by atomic mass is 35.5. The first-order valence-corrected chi connectivity index (χ1v) is 9.59. The lowest BCUT2D eigenvalue weighted by Crippen LogP contribution is -1.90. The summed E-state index contributed by atoms with van der Waals surface area (Å²) in [7, 11) is 0. The molecule has 134 valence electrons. The number of rotatable bonds is 2. The van der Waals surface area contributed by atoms with Crippen LogP contribution in [0.1, 0.15) is 0 Å². The van der Waals surface area contributed by atoms with Crippen LogP contribution in [-0.4, -0.2) is 5.11 Å². The Kier molecular flexibility index (Phi) is 4.03. The van der Waals surface area contributed by atoms with Crippen LogP contribution in [0.2, 0.25) is 5.02 Å². The van der Waals surface area contributed by atoms with Gasteiger partial charge in [-0.1, -0.05) is 96.5 Å². The van der Waals surface area contributed by atoms with E-state index in [2.05, 4.69) is 72.8 Å². The summed E-state index contributed by atoms with van der Waals surface area (Å²) in [6.07, 6.45) is 0. The predicted molar refractivity (Wildman–Crippen MR) is 119 cm³/mol. The molecule has 0 aromatic heterocycles. The molecule has 5 aromatic rings. The lowest BCUT2D eigenvalue weighted by molar-refractivity contribution is 0.475. The van der Waals surface area contributed by atoms with E-state index >= 15 is 0 Å². The maximum absolute atomic E-state index is 9.88. The monoisotopic (exact) mass is 380 g/mol. The van der Waals surface area contributed by atoms with Crippen LogP contribution in [0.25, 0.3) is 43.8 Å². The molecule has 0 aliphatic carbocycles. The summed E-state index contributed by atoms with van der Waals surface area (Å²) in [5.41, 5.74) is 4.56. The van der Waals surface area contributed by atoms with Gasteiger partial charge in [0.1, 0.15) is 5.75 Å². The molecule has 0 radical (unpaired) electrons. The summed E-state index contributed by atoms with van der Waals surface area (Å²) < 4.78 is 0. The molecule has 1 N–H and O–H groups in total. The van der Waals surface area contributed by atoms with Crippen LogP contribution in [0, 0.1) is 0 Å². The molecule has 0 heterocycles. The van der Waals surface area contributed by atoms with Crippen molar-refractivity contribution in [3.05, 3.63) is 102 Å². The second-order valence-electron chi connectivity index (χ2n) is 6.87. The number of benzene rings is 5. The summed E-state index contributed by atoms with van der Waals surface area (Å²) in [6.45, 7) is 0. The molecular formula is C26H17ClO. The summed E-state index contributed by atoms with van der Waals surface area (Å²) in [4.78, 5) is 0. The van der Waals surface area contributed by atoms with Gasteiger partial charge >= 0.3 is 0 Å². The van der Waals surface area contributed by atoms with Crippen LogP contribution < -0.4 is 0 Å².